The molecule has 0 aromatic heterocycles. The number of carbonyl (C=O) groups excluding carboxylic acids is 1. The first kappa shape index (κ1) is 20.3. The summed E-state index contributed by atoms with van der Waals surface area (Å²) in [5.74, 6) is 0.900. The van der Waals surface area contributed by atoms with Crippen LogP contribution in [0.15, 0.2) is 36.4 Å². The molecule has 150 valence electrons. The number of fused-ring (bicyclic) bond motifs is 1. The van der Waals surface area contributed by atoms with Gasteiger partial charge in [0, 0.05) is 12.2 Å². The van der Waals surface area contributed by atoms with Crippen molar-refractivity contribution < 1.29 is 27.4 Å². The highest BCUT2D eigenvalue weighted by molar-refractivity contribution is 6.31. The van der Waals surface area contributed by atoms with Crippen LogP contribution in [-0.2, 0) is 17.5 Å². The van der Waals surface area contributed by atoms with Gasteiger partial charge in [-0.25, -0.2) is 0 Å². The zero-order valence-corrected chi connectivity index (χ0v) is 15.7. The molecular weight excluding hydrogens is 397 g/mol. The molecule has 0 unspecified atom stereocenters. The van der Waals surface area contributed by atoms with E-state index in [0.717, 1.165) is 17.7 Å². The predicted octanol–water partition coefficient (Wildman–Crippen LogP) is 4.20. The standard InChI is InChI=1S/C19H18ClF3N2O3/c1-25(10-12-2-5-16-17(8-12)28-7-6-27-16)11-18(26)24-13-3-4-15(20)14(9-13)19(21,22)23/h2-5,8-9H,6-7,10-11H2,1H3,(H,24,26). The van der Waals surface area contributed by atoms with Gasteiger partial charge in [0.05, 0.1) is 17.1 Å². The molecule has 1 aliphatic rings. The van der Waals surface area contributed by atoms with E-state index in [0.29, 0.717) is 31.3 Å². The maximum atomic E-state index is 12.9. The van der Waals surface area contributed by atoms with Gasteiger partial charge in [0.2, 0.25) is 5.91 Å². The molecule has 3 rings (SSSR count). The van der Waals surface area contributed by atoms with Gasteiger partial charge >= 0.3 is 6.18 Å². The van der Waals surface area contributed by atoms with E-state index in [-0.39, 0.29) is 12.2 Å². The van der Waals surface area contributed by atoms with E-state index >= 15 is 0 Å². The van der Waals surface area contributed by atoms with Crippen LogP contribution in [0.4, 0.5) is 18.9 Å². The maximum Gasteiger partial charge on any atom is 0.417 e. The fraction of sp³-hybridized carbons (Fsp3) is 0.316. The second-order valence-corrected chi connectivity index (χ2v) is 6.80. The Balaban J connectivity index is 1.59. The number of nitrogens with zero attached hydrogens (tertiary/aromatic N) is 1. The van der Waals surface area contributed by atoms with Crippen molar-refractivity contribution >= 4 is 23.2 Å². The SMILES string of the molecule is CN(CC(=O)Nc1ccc(Cl)c(C(F)(F)F)c1)Cc1ccc2c(c1)OCCO2. The quantitative estimate of drug-likeness (QED) is 0.796. The van der Waals surface area contributed by atoms with Crippen LogP contribution in [0, 0.1) is 0 Å². The van der Waals surface area contributed by atoms with Crippen molar-refractivity contribution in [3.8, 4) is 11.5 Å². The van der Waals surface area contributed by atoms with E-state index in [1.165, 1.54) is 6.07 Å². The summed E-state index contributed by atoms with van der Waals surface area (Å²) in [7, 11) is 1.74. The third-order valence-corrected chi connectivity index (χ3v) is 4.36. The Morgan fingerprint density at radius 2 is 1.86 bits per heavy atom. The molecule has 1 N–H and O–H groups in total. The Hall–Kier alpha value is -2.45. The Morgan fingerprint density at radius 3 is 2.57 bits per heavy atom. The smallest absolute Gasteiger partial charge is 0.417 e. The molecule has 0 bridgehead atoms. The number of rotatable bonds is 5. The fourth-order valence-electron chi connectivity index (χ4n) is 2.82. The van der Waals surface area contributed by atoms with Gasteiger partial charge in [-0.05, 0) is 42.9 Å². The molecular formula is C19H18ClF3N2O3. The average Bonchev–Trinajstić information content (AvgIpc) is 2.62. The van der Waals surface area contributed by atoms with E-state index in [9.17, 15) is 18.0 Å². The highest BCUT2D eigenvalue weighted by Gasteiger charge is 2.33. The van der Waals surface area contributed by atoms with Gasteiger partial charge in [-0.15, -0.1) is 0 Å². The molecule has 0 aliphatic carbocycles. The molecule has 1 heterocycles. The van der Waals surface area contributed by atoms with Gasteiger partial charge in [-0.3, -0.25) is 9.69 Å². The topological polar surface area (TPSA) is 50.8 Å². The zero-order chi connectivity index (χ0) is 20.3. The Bertz CT molecular complexity index is 874. The minimum Gasteiger partial charge on any atom is -0.486 e. The summed E-state index contributed by atoms with van der Waals surface area (Å²) >= 11 is 5.58. The number of benzene rings is 2. The summed E-state index contributed by atoms with van der Waals surface area (Å²) in [5.41, 5.74) is -0.0311. The number of nitrogens with one attached hydrogen (secondary N) is 1. The molecule has 1 aliphatic heterocycles. The number of amides is 1. The van der Waals surface area contributed by atoms with Crippen molar-refractivity contribution in [2.45, 2.75) is 12.7 Å². The highest BCUT2D eigenvalue weighted by atomic mass is 35.5. The van der Waals surface area contributed by atoms with Gasteiger partial charge < -0.3 is 14.8 Å². The third kappa shape index (κ3) is 5.08. The van der Waals surface area contributed by atoms with E-state index in [1.807, 2.05) is 18.2 Å². The second kappa shape index (κ2) is 8.28. The van der Waals surface area contributed by atoms with E-state index in [2.05, 4.69) is 5.32 Å². The number of ether oxygens (including phenoxy) is 2. The minimum absolute atomic E-state index is 0.00157. The molecule has 9 heteroatoms. The molecule has 0 saturated carbocycles. The largest absolute Gasteiger partial charge is 0.486 e. The van der Waals surface area contributed by atoms with E-state index in [4.69, 9.17) is 21.1 Å². The Morgan fingerprint density at radius 1 is 1.14 bits per heavy atom. The average molecular weight is 415 g/mol. The van der Waals surface area contributed by atoms with Crippen LogP contribution in [0.1, 0.15) is 11.1 Å². The molecule has 0 spiro atoms. The normalized spacial score (nSPS) is 13.5. The highest BCUT2D eigenvalue weighted by Crippen LogP contribution is 2.36. The molecule has 0 saturated heterocycles. The number of halogens is 4. The van der Waals surface area contributed by atoms with Crippen molar-refractivity contribution in [2.75, 3.05) is 32.1 Å². The molecule has 0 radical (unpaired) electrons. The molecule has 2 aromatic rings. The van der Waals surface area contributed by atoms with E-state index < -0.39 is 22.7 Å². The lowest BCUT2D eigenvalue weighted by atomic mass is 10.2. The number of likely N-dealkylation sites (N-methyl/N-ethyl adjacent to an activating group) is 1. The van der Waals surface area contributed by atoms with E-state index in [1.54, 1.807) is 11.9 Å². The molecule has 2 aromatic carbocycles. The van der Waals surface area contributed by atoms with Gasteiger partial charge in [-0.1, -0.05) is 17.7 Å². The van der Waals surface area contributed by atoms with Crippen molar-refractivity contribution in [1.82, 2.24) is 4.90 Å². The number of alkyl halides is 3. The van der Waals surface area contributed by atoms with Crippen LogP contribution in [0.3, 0.4) is 0 Å². The summed E-state index contributed by atoms with van der Waals surface area (Å²) in [6, 6.07) is 8.79. The molecule has 5 nitrogen and oxygen atoms in total. The van der Waals surface area contributed by atoms with Gasteiger partial charge in [-0.2, -0.15) is 13.2 Å². The van der Waals surface area contributed by atoms with Gasteiger partial charge in [0.25, 0.3) is 0 Å². The fourth-order valence-corrected chi connectivity index (χ4v) is 3.04. The lowest BCUT2D eigenvalue weighted by Crippen LogP contribution is -2.30. The predicted molar refractivity (Wildman–Crippen MR) is 98.8 cm³/mol. The van der Waals surface area contributed by atoms with Crippen molar-refractivity contribution in [1.29, 1.82) is 0 Å². The molecule has 0 atom stereocenters. The summed E-state index contributed by atoms with van der Waals surface area (Å²) in [6.45, 7) is 1.44. The first-order chi connectivity index (χ1) is 13.2. The van der Waals surface area contributed by atoms with Gasteiger partial charge in [0.1, 0.15) is 13.2 Å². The Kier molecular flexibility index (Phi) is 6.00. The van der Waals surface area contributed by atoms with Crippen molar-refractivity contribution in [2.24, 2.45) is 0 Å². The molecule has 1 amide bonds. The lowest BCUT2D eigenvalue weighted by molar-refractivity contribution is -0.137. The van der Waals surface area contributed by atoms with Crippen LogP contribution < -0.4 is 14.8 Å². The van der Waals surface area contributed by atoms with Crippen LogP contribution in [0.5, 0.6) is 11.5 Å². The van der Waals surface area contributed by atoms with Crippen LogP contribution in [-0.4, -0.2) is 37.6 Å². The summed E-state index contributed by atoms with van der Waals surface area (Å²) in [6.07, 6.45) is -4.59. The number of carbonyl (C=O) groups is 1. The third-order valence-electron chi connectivity index (χ3n) is 4.03. The van der Waals surface area contributed by atoms with Crippen LogP contribution in [0.2, 0.25) is 5.02 Å². The summed E-state index contributed by atoms with van der Waals surface area (Å²) < 4.78 is 49.7. The minimum atomic E-state index is -4.59. The maximum absolute atomic E-state index is 12.9. The second-order valence-electron chi connectivity index (χ2n) is 6.39. The molecule has 28 heavy (non-hydrogen) atoms. The summed E-state index contributed by atoms with van der Waals surface area (Å²) in [5, 5.41) is 2.05. The summed E-state index contributed by atoms with van der Waals surface area (Å²) in [4.78, 5) is 13.9. The first-order valence-corrected chi connectivity index (χ1v) is 8.84. The Labute approximate surface area is 165 Å². The van der Waals surface area contributed by atoms with Crippen molar-refractivity contribution in [3.05, 3.63) is 52.5 Å². The number of hydrogen-bond donors (Lipinski definition) is 1. The van der Waals surface area contributed by atoms with Crippen LogP contribution >= 0.6 is 11.6 Å². The van der Waals surface area contributed by atoms with Gasteiger partial charge in [0.15, 0.2) is 11.5 Å². The van der Waals surface area contributed by atoms with Crippen molar-refractivity contribution in [3.63, 3.8) is 0 Å². The number of hydrogen-bond acceptors (Lipinski definition) is 4. The monoisotopic (exact) mass is 414 g/mol. The number of anilines is 1. The lowest BCUT2D eigenvalue weighted by Gasteiger charge is -2.21. The first-order valence-electron chi connectivity index (χ1n) is 8.46. The van der Waals surface area contributed by atoms with Crippen LogP contribution in [0.25, 0.3) is 0 Å². The molecule has 0 fully saturated rings. The zero-order valence-electron chi connectivity index (χ0n) is 15.0.